The van der Waals surface area contributed by atoms with Crippen molar-refractivity contribution in [1.82, 2.24) is 0 Å². The quantitative estimate of drug-likeness (QED) is 0.836. The molecule has 0 aromatic heterocycles. The second kappa shape index (κ2) is 6.32. The number of amides is 1. The summed E-state index contributed by atoms with van der Waals surface area (Å²) in [5.41, 5.74) is 7.47. The average molecular weight is 325 g/mol. The Hall–Kier alpha value is -1.17. The number of rotatable bonds is 4. The minimum atomic E-state index is -0.149. The largest absolute Gasteiger partial charge is 0.380 e. The predicted molar refractivity (Wildman–Crippen MR) is 78.7 cm³/mol. The second-order valence-corrected chi connectivity index (χ2v) is 5.43. The van der Waals surface area contributed by atoms with Crippen molar-refractivity contribution in [2.45, 2.75) is 19.1 Å². The van der Waals surface area contributed by atoms with Crippen LogP contribution in [-0.2, 0) is 16.1 Å². The fourth-order valence-corrected chi connectivity index (χ4v) is 2.59. The standard InChI is InChI=1S/C14H17BrN2O2/c1-19-8-11-12(15)3-2-4-13(11)17-14(18)9-5-6-10(16)7-9/h2-6,9-10H,7-8,16H2,1H3,(H,17,18). The maximum atomic E-state index is 12.2. The monoisotopic (exact) mass is 324 g/mol. The van der Waals surface area contributed by atoms with Gasteiger partial charge in [-0.25, -0.2) is 0 Å². The molecule has 3 N–H and O–H groups in total. The summed E-state index contributed by atoms with van der Waals surface area (Å²) in [7, 11) is 1.63. The lowest BCUT2D eigenvalue weighted by molar-refractivity contribution is -0.118. The molecule has 19 heavy (non-hydrogen) atoms. The molecule has 0 saturated heterocycles. The van der Waals surface area contributed by atoms with Crippen molar-refractivity contribution in [2.24, 2.45) is 11.7 Å². The fraction of sp³-hybridized carbons (Fsp3) is 0.357. The molecule has 102 valence electrons. The Kier molecular flexibility index (Phi) is 4.74. The summed E-state index contributed by atoms with van der Waals surface area (Å²) in [5, 5.41) is 2.94. The van der Waals surface area contributed by atoms with Gasteiger partial charge in [-0.15, -0.1) is 0 Å². The van der Waals surface area contributed by atoms with E-state index in [9.17, 15) is 4.79 Å². The van der Waals surface area contributed by atoms with E-state index in [1.807, 2.05) is 30.4 Å². The second-order valence-electron chi connectivity index (χ2n) is 4.58. The van der Waals surface area contributed by atoms with E-state index in [-0.39, 0.29) is 17.9 Å². The highest BCUT2D eigenvalue weighted by Gasteiger charge is 2.23. The lowest BCUT2D eigenvalue weighted by Gasteiger charge is -2.15. The van der Waals surface area contributed by atoms with Crippen LogP contribution in [0.1, 0.15) is 12.0 Å². The van der Waals surface area contributed by atoms with Crippen LogP contribution < -0.4 is 11.1 Å². The van der Waals surface area contributed by atoms with Crippen molar-refractivity contribution in [3.63, 3.8) is 0 Å². The highest BCUT2D eigenvalue weighted by molar-refractivity contribution is 9.10. The minimum Gasteiger partial charge on any atom is -0.380 e. The molecule has 1 aliphatic carbocycles. The maximum absolute atomic E-state index is 12.2. The predicted octanol–water partition coefficient (Wildman–Crippen LogP) is 2.44. The topological polar surface area (TPSA) is 64.3 Å². The highest BCUT2D eigenvalue weighted by atomic mass is 79.9. The van der Waals surface area contributed by atoms with Gasteiger partial charge in [0.1, 0.15) is 0 Å². The lowest BCUT2D eigenvalue weighted by atomic mass is 10.1. The number of halogens is 1. The first-order valence-corrected chi connectivity index (χ1v) is 6.92. The van der Waals surface area contributed by atoms with Gasteiger partial charge < -0.3 is 15.8 Å². The Morgan fingerprint density at radius 2 is 2.32 bits per heavy atom. The van der Waals surface area contributed by atoms with Gasteiger partial charge in [0, 0.05) is 28.9 Å². The van der Waals surface area contributed by atoms with Gasteiger partial charge >= 0.3 is 0 Å². The minimum absolute atomic E-state index is 0.0169. The summed E-state index contributed by atoms with van der Waals surface area (Å²) in [4.78, 5) is 12.2. The van der Waals surface area contributed by atoms with E-state index in [0.717, 1.165) is 15.7 Å². The summed E-state index contributed by atoms with van der Waals surface area (Å²) >= 11 is 3.47. The summed E-state index contributed by atoms with van der Waals surface area (Å²) in [6.07, 6.45) is 4.41. The zero-order valence-electron chi connectivity index (χ0n) is 10.7. The zero-order chi connectivity index (χ0) is 13.8. The third-order valence-electron chi connectivity index (χ3n) is 3.12. The normalized spacial score (nSPS) is 21.6. The first-order valence-electron chi connectivity index (χ1n) is 6.13. The Bertz CT molecular complexity index is 502. The van der Waals surface area contributed by atoms with Crippen LogP contribution in [0.25, 0.3) is 0 Å². The van der Waals surface area contributed by atoms with Crippen LogP contribution in [0.5, 0.6) is 0 Å². The van der Waals surface area contributed by atoms with E-state index in [1.165, 1.54) is 0 Å². The van der Waals surface area contributed by atoms with E-state index in [2.05, 4.69) is 21.2 Å². The number of anilines is 1. The number of hydrogen-bond acceptors (Lipinski definition) is 3. The fourth-order valence-electron chi connectivity index (χ4n) is 2.11. The van der Waals surface area contributed by atoms with Gasteiger partial charge in [0.15, 0.2) is 0 Å². The van der Waals surface area contributed by atoms with Crippen LogP contribution in [0, 0.1) is 5.92 Å². The van der Waals surface area contributed by atoms with Gasteiger partial charge in [-0.3, -0.25) is 4.79 Å². The third kappa shape index (κ3) is 3.43. The molecule has 2 unspecified atom stereocenters. The van der Waals surface area contributed by atoms with Crippen molar-refractivity contribution < 1.29 is 9.53 Å². The summed E-state index contributed by atoms with van der Waals surface area (Å²) in [6, 6.07) is 5.66. The van der Waals surface area contributed by atoms with Gasteiger partial charge in [-0.1, -0.05) is 34.1 Å². The molecule has 1 aromatic carbocycles. The van der Waals surface area contributed by atoms with Crippen molar-refractivity contribution in [3.05, 3.63) is 40.4 Å². The molecule has 2 rings (SSSR count). The maximum Gasteiger partial charge on any atom is 0.231 e. The van der Waals surface area contributed by atoms with Gasteiger partial charge in [-0.2, -0.15) is 0 Å². The van der Waals surface area contributed by atoms with Crippen LogP contribution in [-0.4, -0.2) is 19.1 Å². The molecule has 0 spiro atoms. The van der Waals surface area contributed by atoms with Crippen LogP contribution in [0.15, 0.2) is 34.8 Å². The van der Waals surface area contributed by atoms with Gasteiger partial charge in [0.25, 0.3) is 0 Å². The molecule has 2 atom stereocenters. The molecule has 0 fully saturated rings. The summed E-state index contributed by atoms with van der Waals surface area (Å²) in [6.45, 7) is 0.442. The van der Waals surface area contributed by atoms with Gasteiger partial charge in [0.05, 0.1) is 12.5 Å². The zero-order valence-corrected chi connectivity index (χ0v) is 12.3. The molecule has 1 amide bonds. The Morgan fingerprint density at radius 1 is 1.53 bits per heavy atom. The Morgan fingerprint density at radius 3 is 2.95 bits per heavy atom. The molecule has 0 radical (unpaired) electrons. The van der Waals surface area contributed by atoms with E-state index in [4.69, 9.17) is 10.5 Å². The molecule has 4 nitrogen and oxygen atoms in total. The number of benzene rings is 1. The number of carbonyl (C=O) groups excluding carboxylic acids is 1. The molecule has 0 saturated carbocycles. The van der Waals surface area contributed by atoms with Crippen molar-refractivity contribution in [3.8, 4) is 0 Å². The van der Waals surface area contributed by atoms with Gasteiger partial charge in [-0.05, 0) is 18.6 Å². The molecular weight excluding hydrogens is 308 g/mol. The third-order valence-corrected chi connectivity index (χ3v) is 3.86. The van der Waals surface area contributed by atoms with E-state index >= 15 is 0 Å². The average Bonchev–Trinajstić information content (AvgIpc) is 2.80. The number of carbonyl (C=O) groups is 1. The number of hydrogen-bond donors (Lipinski definition) is 2. The molecular formula is C14H17BrN2O2. The lowest BCUT2D eigenvalue weighted by Crippen LogP contribution is -2.24. The number of nitrogens with one attached hydrogen (secondary N) is 1. The number of ether oxygens (including phenoxy) is 1. The van der Waals surface area contributed by atoms with Crippen LogP contribution in [0.3, 0.4) is 0 Å². The van der Waals surface area contributed by atoms with E-state index in [0.29, 0.717) is 13.0 Å². The molecule has 0 heterocycles. The molecule has 1 aliphatic rings. The molecule has 1 aromatic rings. The van der Waals surface area contributed by atoms with E-state index < -0.39 is 0 Å². The van der Waals surface area contributed by atoms with Crippen LogP contribution in [0.4, 0.5) is 5.69 Å². The van der Waals surface area contributed by atoms with Crippen molar-refractivity contribution in [1.29, 1.82) is 0 Å². The van der Waals surface area contributed by atoms with Crippen LogP contribution >= 0.6 is 15.9 Å². The molecule has 5 heteroatoms. The smallest absolute Gasteiger partial charge is 0.231 e. The molecule has 0 bridgehead atoms. The van der Waals surface area contributed by atoms with E-state index in [1.54, 1.807) is 7.11 Å². The first-order chi connectivity index (χ1) is 9.11. The Labute approximate surface area is 121 Å². The van der Waals surface area contributed by atoms with Crippen molar-refractivity contribution >= 4 is 27.5 Å². The first kappa shape index (κ1) is 14.2. The summed E-state index contributed by atoms with van der Waals surface area (Å²) in [5.74, 6) is -0.177. The van der Waals surface area contributed by atoms with Crippen LogP contribution in [0.2, 0.25) is 0 Å². The number of methoxy groups -OCH3 is 1. The Balaban J connectivity index is 2.12. The molecule has 0 aliphatic heterocycles. The van der Waals surface area contributed by atoms with Crippen molar-refractivity contribution in [2.75, 3.05) is 12.4 Å². The van der Waals surface area contributed by atoms with Gasteiger partial charge in [0.2, 0.25) is 5.91 Å². The highest BCUT2D eigenvalue weighted by Crippen LogP contribution is 2.27. The SMILES string of the molecule is COCc1c(Br)cccc1NC(=O)C1C=CC(N)C1. The number of nitrogens with two attached hydrogens (primary N) is 1. The summed E-state index contributed by atoms with van der Waals surface area (Å²) < 4.78 is 6.08.